The van der Waals surface area contributed by atoms with Gasteiger partial charge in [0.25, 0.3) is 0 Å². The lowest BCUT2D eigenvalue weighted by molar-refractivity contribution is -0.113. The van der Waals surface area contributed by atoms with Crippen LogP contribution in [0, 0.1) is 13.8 Å². The fourth-order valence-electron chi connectivity index (χ4n) is 2.55. The number of benzene rings is 2. The Balaban J connectivity index is 1.63. The summed E-state index contributed by atoms with van der Waals surface area (Å²) in [4.78, 5) is 16.7. The predicted octanol–water partition coefficient (Wildman–Crippen LogP) is 4.74. The van der Waals surface area contributed by atoms with Crippen molar-refractivity contribution >= 4 is 39.7 Å². The number of nitrogens with two attached hydrogens (primary N) is 1. The van der Waals surface area contributed by atoms with E-state index in [0.29, 0.717) is 10.8 Å². The predicted molar refractivity (Wildman–Crippen MR) is 107 cm³/mol. The maximum Gasteiger partial charge on any atom is 0.234 e. The number of anilines is 2. The number of hydrogen-bond donors (Lipinski definition) is 2. The highest BCUT2D eigenvalue weighted by molar-refractivity contribution is 8.01. The van der Waals surface area contributed by atoms with Crippen molar-refractivity contribution in [2.24, 2.45) is 0 Å². The number of nitrogens with zero attached hydrogens (tertiary/aromatic N) is 1. The van der Waals surface area contributed by atoms with Crippen molar-refractivity contribution in [1.29, 1.82) is 0 Å². The molecule has 0 aliphatic rings. The third-order valence-electron chi connectivity index (χ3n) is 3.51. The molecule has 1 amide bonds. The number of aromatic nitrogens is 1. The molecule has 3 N–H and O–H groups in total. The van der Waals surface area contributed by atoms with Gasteiger partial charge in [0.15, 0.2) is 4.34 Å². The van der Waals surface area contributed by atoms with E-state index in [1.807, 2.05) is 56.3 Å². The van der Waals surface area contributed by atoms with Gasteiger partial charge in [0.2, 0.25) is 5.91 Å². The van der Waals surface area contributed by atoms with Crippen LogP contribution in [0.25, 0.3) is 11.3 Å². The number of nitrogen functional groups attached to an aromatic ring is 1. The van der Waals surface area contributed by atoms with Crippen LogP contribution in [0.5, 0.6) is 0 Å². The second kappa shape index (κ2) is 7.72. The monoisotopic (exact) mass is 369 g/mol. The molecule has 0 bridgehead atoms. The molecule has 1 aromatic heterocycles. The largest absolute Gasteiger partial charge is 0.389 e. The number of thioether (sulfide) groups is 1. The number of amides is 1. The third-order valence-corrected chi connectivity index (χ3v) is 5.54. The van der Waals surface area contributed by atoms with Crippen molar-refractivity contribution in [3.05, 3.63) is 59.7 Å². The Bertz CT molecular complexity index is 871. The molecular formula is C19H19N3OS2. The summed E-state index contributed by atoms with van der Waals surface area (Å²) in [7, 11) is 0. The molecule has 3 aromatic rings. The van der Waals surface area contributed by atoms with Crippen LogP contribution in [0.2, 0.25) is 0 Å². The molecule has 0 unspecified atom stereocenters. The number of carbonyl (C=O) groups is 1. The number of aryl methyl sites for hydroxylation is 2. The molecule has 3 rings (SSSR count). The number of nitrogens with one attached hydrogen (secondary N) is 1. The van der Waals surface area contributed by atoms with Gasteiger partial charge in [-0.1, -0.05) is 59.5 Å². The van der Waals surface area contributed by atoms with Crippen LogP contribution in [0.4, 0.5) is 10.7 Å². The van der Waals surface area contributed by atoms with E-state index in [0.717, 1.165) is 32.4 Å². The Kier molecular flexibility index (Phi) is 5.40. The van der Waals surface area contributed by atoms with E-state index in [1.54, 1.807) is 0 Å². The minimum absolute atomic E-state index is 0.0509. The van der Waals surface area contributed by atoms with E-state index in [4.69, 9.17) is 5.73 Å². The number of thiazole rings is 1. The van der Waals surface area contributed by atoms with Gasteiger partial charge in [0.05, 0.1) is 5.75 Å². The van der Waals surface area contributed by atoms with Gasteiger partial charge in [-0.2, -0.15) is 0 Å². The second-order valence-electron chi connectivity index (χ2n) is 5.77. The van der Waals surface area contributed by atoms with Crippen LogP contribution >= 0.6 is 23.1 Å². The van der Waals surface area contributed by atoms with Crippen LogP contribution in [0.15, 0.2) is 52.9 Å². The first kappa shape index (κ1) is 17.5. The molecule has 0 fully saturated rings. The molecule has 25 heavy (non-hydrogen) atoms. The summed E-state index contributed by atoms with van der Waals surface area (Å²) in [5, 5.41) is 3.60. The molecule has 4 nitrogen and oxygen atoms in total. The molecular weight excluding hydrogens is 350 g/mol. The van der Waals surface area contributed by atoms with Crippen molar-refractivity contribution in [1.82, 2.24) is 4.98 Å². The highest BCUT2D eigenvalue weighted by Gasteiger charge is 2.12. The molecule has 0 spiro atoms. The third kappa shape index (κ3) is 4.61. The van der Waals surface area contributed by atoms with Crippen molar-refractivity contribution in [3.8, 4) is 11.3 Å². The zero-order valence-electron chi connectivity index (χ0n) is 14.1. The highest BCUT2D eigenvalue weighted by Crippen LogP contribution is 2.35. The quantitative estimate of drug-likeness (QED) is 0.638. The lowest BCUT2D eigenvalue weighted by Crippen LogP contribution is -2.14. The molecule has 0 aliphatic heterocycles. The Morgan fingerprint density at radius 1 is 1.16 bits per heavy atom. The topological polar surface area (TPSA) is 68.0 Å². The molecule has 1 heterocycles. The van der Waals surface area contributed by atoms with Gasteiger partial charge in [0, 0.05) is 11.3 Å². The van der Waals surface area contributed by atoms with Crippen LogP contribution in [0.3, 0.4) is 0 Å². The first-order valence-corrected chi connectivity index (χ1v) is 9.64. The van der Waals surface area contributed by atoms with Crippen LogP contribution in [0.1, 0.15) is 11.1 Å². The first-order valence-electron chi connectivity index (χ1n) is 7.84. The van der Waals surface area contributed by atoms with Crippen molar-refractivity contribution < 1.29 is 4.79 Å². The average Bonchev–Trinajstić information content (AvgIpc) is 2.94. The molecule has 0 atom stereocenters. The van der Waals surface area contributed by atoms with Gasteiger partial charge < -0.3 is 11.1 Å². The summed E-state index contributed by atoms with van der Waals surface area (Å²) in [5.74, 6) is 0.249. The van der Waals surface area contributed by atoms with Crippen LogP contribution in [-0.2, 0) is 4.79 Å². The summed E-state index contributed by atoms with van der Waals surface area (Å²) >= 11 is 2.81. The summed E-state index contributed by atoms with van der Waals surface area (Å²) in [6.45, 7) is 4.03. The molecule has 6 heteroatoms. The van der Waals surface area contributed by atoms with Gasteiger partial charge in [-0.25, -0.2) is 4.98 Å². The van der Waals surface area contributed by atoms with E-state index in [1.165, 1.54) is 23.1 Å². The summed E-state index contributed by atoms with van der Waals surface area (Å²) in [5.41, 5.74) is 10.9. The number of rotatable bonds is 5. The lowest BCUT2D eigenvalue weighted by Gasteiger charge is -2.06. The zero-order valence-corrected chi connectivity index (χ0v) is 15.7. The Labute approximate surface area is 155 Å². The highest BCUT2D eigenvalue weighted by atomic mass is 32.2. The molecule has 128 valence electrons. The van der Waals surface area contributed by atoms with Gasteiger partial charge >= 0.3 is 0 Å². The first-order chi connectivity index (χ1) is 12.0. The van der Waals surface area contributed by atoms with E-state index in [-0.39, 0.29) is 5.91 Å². The SMILES string of the molecule is Cc1cc(C)cc(NC(=O)CSc2nc(-c3ccccc3)c(N)s2)c1. The fourth-order valence-corrected chi connectivity index (χ4v) is 4.30. The Morgan fingerprint density at radius 2 is 1.84 bits per heavy atom. The van der Waals surface area contributed by atoms with E-state index < -0.39 is 0 Å². The number of carbonyl (C=O) groups excluding carboxylic acids is 1. The van der Waals surface area contributed by atoms with Crippen LogP contribution in [-0.4, -0.2) is 16.6 Å². The molecule has 2 aromatic carbocycles. The van der Waals surface area contributed by atoms with E-state index in [2.05, 4.69) is 16.4 Å². The van der Waals surface area contributed by atoms with Crippen molar-refractivity contribution in [2.45, 2.75) is 18.2 Å². The van der Waals surface area contributed by atoms with Crippen molar-refractivity contribution in [3.63, 3.8) is 0 Å². The van der Waals surface area contributed by atoms with Gasteiger partial charge in [-0.15, -0.1) is 0 Å². The fraction of sp³-hybridized carbons (Fsp3) is 0.158. The number of hydrogen-bond acceptors (Lipinski definition) is 5. The Morgan fingerprint density at radius 3 is 2.52 bits per heavy atom. The second-order valence-corrected chi connectivity index (χ2v) is 8.03. The smallest absolute Gasteiger partial charge is 0.234 e. The molecule has 0 radical (unpaired) electrons. The average molecular weight is 370 g/mol. The molecule has 0 saturated heterocycles. The molecule has 0 aliphatic carbocycles. The standard InChI is InChI=1S/C19H19N3OS2/c1-12-8-13(2)10-15(9-12)21-16(23)11-24-19-22-17(18(20)25-19)14-6-4-3-5-7-14/h3-10H,11,20H2,1-2H3,(H,21,23). The summed E-state index contributed by atoms with van der Waals surface area (Å²) in [6, 6.07) is 15.8. The van der Waals surface area contributed by atoms with Gasteiger partial charge in [-0.05, 0) is 37.1 Å². The minimum atomic E-state index is -0.0509. The maximum atomic E-state index is 12.2. The van der Waals surface area contributed by atoms with Gasteiger partial charge in [0.1, 0.15) is 10.7 Å². The molecule has 0 saturated carbocycles. The van der Waals surface area contributed by atoms with E-state index >= 15 is 0 Å². The summed E-state index contributed by atoms with van der Waals surface area (Å²) < 4.78 is 0.798. The zero-order chi connectivity index (χ0) is 17.8. The minimum Gasteiger partial charge on any atom is -0.389 e. The Hall–Kier alpha value is -2.31. The summed E-state index contributed by atoms with van der Waals surface area (Å²) in [6.07, 6.45) is 0. The van der Waals surface area contributed by atoms with E-state index in [9.17, 15) is 4.79 Å². The van der Waals surface area contributed by atoms with Crippen molar-refractivity contribution in [2.75, 3.05) is 16.8 Å². The lowest BCUT2D eigenvalue weighted by atomic mass is 10.1. The normalized spacial score (nSPS) is 10.6. The van der Waals surface area contributed by atoms with Crippen LogP contribution < -0.4 is 11.1 Å². The van der Waals surface area contributed by atoms with Gasteiger partial charge in [-0.3, -0.25) is 4.79 Å². The maximum absolute atomic E-state index is 12.2.